The van der Waals surface area contributed by atoms with Crippen molar-refractivity contribution in [2.45, 2.75) is 77.4 Å². The second-order valence-electron chi connectivity index (χ2n) is 7.63. The predicted molar refractivity (Wildman–Crippen MR) is 91.0 cm³/mol. The van der Waals surface area contributed by atoms with Crippen molar-refractivity contribution in [1.82, 2.24) is 0 Å². The van der Waals surface area contributed by atoms with Crippen LogP contribution < -0.4 is 0 Å². The Morgan fingerprint density at radius 2 is 1.50 bits per heavy atom. The van der Waals surface area contributed by atoms with Crippen LogP contribution in [0.4, 0.5) is 31.1 Å². The van der Waals surface area contributed by atoms with Gasteiger partial charge in [0.25, 0.3) is 0 Å². The number of aryl methyl sites for hydroxylation is 1. The average Bonchev–Trinajstić information content (AvgIpc) is 2.47. The Hall–Kier alpha value is -1.93. The maximum absolute atomic E-state index is 13.8. The highest BCUT2D eigenvalue weighted by molar-refractivity contribution is 5.62. The summed E-state index contributed by atoms with van der Waals surface area (Å²) in [6.07, 6.45) is -13.3. The third-order valence-electron chi connectivity index (χ3n) is 4.24. The van der Waals surface area contributed by atoms with Crippen LogP contribution in [0, 0.1) is 6.92 Å². The molecule has 0 fully saturated rings. The van der Waals surface area contributed by atoms with Gasteiger partial charge < -0.3 is 9.47 Å². The fraction of sp³-hybridized carbons (Fsp3) is 0.632. The summed E-state index contributed by atoms with van der Waals surface area (Å²) in [5, 5.41) is 0. The summed E-state index contributed by atoms with van der Waals surface area (Å²) in [4.78, 5) is 11.8. The predicted octanol–water partition coefficient (Wildman–Crippen LogP) is 6.78. The monoisotopic (exact) mass is 414 g/mol. The fourth-order valence-corrected chi connectivity index (χ4v) is 2.66. The molecule has 28 heavy (non-hydrogen) atoms. The lowest BCUT2D eigenvalue weighted by Crippen LogP contribution is -2.57. The van der Waals surface area contributed by atoms with Gasteiger partial charge in [0.15, 0.2) is 0 Å². The highest BCUT2D eigenvalue weighted by Crippen LogP contribution is 2.54. The summed E-state index contributed by atoms with van der Waals surface area (Å²) in [5.41, 5.74) is -7.10. The Morgan fingerprint density at radius 1 is 1.00 bits per heavy atom. The van der Waals surface area contributed by atoms with Gasteiger partial charge in [0.2, 0.25) is 0 Å². The standard InChI is InChI=1S/C19H24F6O3/c1-7-11(2)13-8-9-14(12(3)10-13)17(18(20,21)22,19(23,24)25)28-15(26)27-16(4,5)6/h8-11H,7H2,1-6H3. The number of ether oxygens (including phenoxy) is 2. The number of alkyl halides is 6. The fourth-order valence-electron chi connectivity index (χ4n) is 2.66. The number of halogens is 6. The maximum atomic E-state index is 13.8. The number of benzene rings is 1. The van der Waals surface area contributed by atoms with Gasteiger partial charge in [0.1, 0.15) is 5.60 Å². The molecule has 3 nitrogen and oxygen atoms in total. The van der Waals surface area contributed by atoms with E-state index in [1.807, 2.05) is 6.92 Å². The zero-order valence-corrected chi connectivity index (χ0v) is 16.5. The minimum Gasteiger partial charge on any atom is -0.429 e. The molecule has 0 saturated carbocycles. The topological polar surface area (TPSA) is 35.5 Å². The Bertz CT molecular complexity index is 687. The molecule has 1 rings (SSSR count). The first-order valence-electron chi connectivity index (χ1n) is 8.62. The molecule has 1 unspecified atom stereocenters. The van der Waals surface area contributed by atoms with E-state index in [0.717, 1.165) is 6.92 Å². The molecule has 0 aliphatic heterocycles. The van der Waals surface area contributed by atoms with Gasteiger partial charge in [-0.25, -0.2) is 4.79 Å². The van der Waals surface area contributed by atoms with Crippen LogP contribution >= 0.6 is 0 Å². The average molecular weight is 414 g/mol. The highest BCUT2D eigenvalue weighted by Gasteiger charge is 2.76. The van der Waals surface area contributed by atoms with Crippen LogP contribution in [0.25, 0.3) is 0 Å². The molecule has 0 amide bonds. The van der Waals surface area contributed by atoms with Gasteiger partial charge in [-0.3, -0.25) is 0 Å². The van der Waals surface area contributed by atoms with Crippen molar-refractivity contribution in [1.29, 1.82) is 0 Å². The van der Waals surface area contributed by atoms with Gasteiger partial charge in [-0.05, 0) is 51.2 Å². The first kappa shape index (κ1) is 24.1. The van der Waals surface area contributed by atoms with E-state index >= 15 is 0 Å². The number of hydrogen-bond acceptors (Lipinski definition) is 3. The van der Waals surface area contributed by atoms with Crippen LogP contribution in [-0.2, 0) is 15.1 Å². The quantitative estimate of drug-likeness (QED) is 0.402. The molecule has 0 bridgehead atoms. The Kier molecular flexibility index (Phi) is 6.74. The van der Waals surface area contributed by atoms with Crippen LogP contribution in [0.1, 0.15) is 63.6 Å². The van der Waals surface area contributed by atoms with Crippen LogP contribution in [-0.4, -0.2) is 24.1 Å². The molecule has 0 radical (unpaired) electrons. The normalized spacial score (nSPS) is 14.6. The molecule has 1 atom stereocenters. The van der Waals surface area contributed by atoms with Gasteiger partial charge in [0.05, 0.1) is 0 Å². The molecule has 0 aliphatic carbocycles. The molecule has 0 aromatic heterocycles. The Labute approximate surface area is 160 Å². The van der Waals surface area contributed by atoms with Crippen LogP contribution in [0.2, 0.25) is 0 Å². The zero-order chi connectivity index (χ0) is 22.1. The summed E-state index contributed by atoms with van der Waals surface area (Å²) in [6.45, 7) is 8.64. The van der Waals surface area contributed by atoms with Crippen LogP contribution in [0.3, 0.4) is 0 Å². The molecule has 160 valence electrons. The molecule has 0 saturated heterocycles. The summed E-state index contributed by atoms with van der Waals surface area (Å²) >= 11 is 0. The van der Waals surface area contributed by atoms with E-state index in [1.165, 1.54) is 32.9 Å². The molecule has 0 N–H and O–H groups in total. The second kappa shape index (κ2) is 7.83. The first-order valence-corrected chi connectivity index (χ1v) is 8.62. The van der Waals surface area contributed by atoms with Crippen molar-refractivity contribution in [3.05, 3.63) is 34.9 Å². The van der Waals surface area contributed by atoms with E-state index in [-0.39, 0.29) is 11.5 Å². The minimum atomic E-state index is -5.97. The van der Waals surface area contributed by atoms with E-state index in [1.54, 1.807) is 6.92 Å². The van der Waals surface area contributed by atoms with Gasteiger partial charge in [-0.2, -0.15) is 26.3 Å². The van der Waals surface area contributed by atoms with Crippen molar-refractivity contribution < 1.29 is 40.6 Å². The molecular formula is C19H24F6O3. The van der Waals surface area contributed by atoms with Crippen molar-refractivity contribution in [3.8, 4) is 0 Å². The third kappa shape index (κ3) is 4.91. The summed E-state index contributed by atoms with van der Waals surface area (Å²) in [5.74, 6) is -0.0642. The lowest BCUT2D eigenvalue weighted by atomic mass is 9.85. The molecule has 0 heterocycles. The van der Waals surface area contributed by atoms with Crippen molar-refractivity contribution in [2.24, 2.45) is 0 Å². The molecule has 9 heteroatoms. The summed E-state index contributed by atoms with van der Waals surface area (Å²) < 4.78 is 91.4. The molecule has 1 aromatic carbocycles. The van der Waals surface area contributed by atoms with E-state index in [9.17, 15) is 31.1 Å². The minimum absolute atomic E-state index is 0.0642. The third-order valence-corrected chi connectivity index (χ3v) is 4.24. The van der Waals surface area contributed by atoms with E-state index in [0.29, 0.717) is 18.1 Å². The Morgan fingerprint density at radius 3 is 1.86 bits per heavy atom. The van der Waals surface area contributed by atoms with E-state index in [2.05, 4.69) is 9.47 Å². The van der Waals surface area contributed by atoms with Crippen LogP contribution in [0.5, 0.6) is 0 Å². The van der Waals surface area contributed by atoms with Gasteiger partial charge in [0, 0.05) is 5.56 Å². The molecule has 0 spiro atoms. The number of rotatable bonds is 4. The van der Waals surface area contributed by atoms with E-state index < -0.39 is 35.3 Å². The summed E-state index contributed by atoms with van der Waals surface area (Å²) in [7, 11) is 0. The van der Waals surface area contributed by atoms with Gasteiger partial charge in [-0.1, -0.05) is 32.0 Å². The van der Waals surface area contributed by atoms with Crippen molar-refractivity contribution in [3.63, 3.8) is 0 Å². The lowest BCUT2D eigenvalue weighted by molar-refractivity contribution is -0.377. The van der Waals surface area contributed by atoms with Crippen molar-refractivity contribution in [2.75, 3.05) is 0 Å². The van der Waals surface area contributed by atoms with Crippen LogP contribution in [0.15, 0.2) is 18.2 Å². The molecule has 0 aliphatic rings. The maximum Gasteiger partial charge on any atom is 0.510 e. The lowest BCUT2D eigenvalue weighted by Gasteiger charge is -2.38. The van der Waals surface area contributed by atoms with Crippen molar-refractivity contribution >= 4 is 6.16 Å². The highest BCUT2D eigenvalue weighted by atomic mass is 19.4. The SMILES string of the molecule is CCC(C)c1ccc(C(OC(=O)OC(C)(C)C)(C(F)(F)F)C(F)(F)F)c(C)c1. The van der Waals surface area contributed by atoms with Gasteiger partial charge in [-0.15, -0.1) is 0 Å². The zero-order valence-electron chi connectivity index (χ0n) is 16.5. The molecular weight excluding hydrogens is 390 g/mol. The van der Waals surface area contributed by atoms with E-state index in [4.69, 9.17) is 0 Å². The molecule has 1 aromatic rings. The first-order chi connectivity index (χ1) is 12.5. The second-order valence-corrected chi connectivity index (χ2v) is 7.63. The number of carbonyl (C=O) groups excluding carboxylic acids is 1. The van der Waals surface area contributed by atoms with Gasteiger partial charge >= 0.3 is 24.1 Å². The number of hydrogen-bond donors (Lipinski definition) is 0. The smallest absolute Gasteiger partial charge is 0.429 e. The number of carbonyl (C=O) groups is 1. The Balaban J connectivity index is 3.66. The largest absolute Gasteiger partial charge is 0.510 e. The summed E-state index contributed by atoms with van der Waals surface area (Å²) in [6, 6.07) is 3.14.